The summed E-state index contributed by atoms with van der Waals surface area (Å²) in [4.78, 5) is 25.9. The van der Waals surface area contributed by atoms with Gasteiger partial charge in [0.2, 0.25) is 0 Å². The van der Waals surface area contributed by atoms with Gasteiger partial charge in [-0.3, -0.25) is 4.79 Å². The smallest absolute Gasteiger partial charge is 0.407 e. The van der Waals surface area contributed by atoms with Gasteiger partial charge in [-0.15, -0.1) is 0 Å². The van der Waals surface area contributed by atoms with Crippen LogP contribution in [0.3, 0.4) is 0 Å². The fourth-order valence-corrected chi connectivity index (χ4v) is 5.28. The summed E-state index contributed by atoms with van der Waals surface area (Å²) in [5, 5.41) is 6.25. The third-order valence-corrected chi connectivity index (χ3v) is 6.88. The Morgan fingerprint density at radius 2 is 1.74 bits per heavy atom. The highest BCUT2D eigenvalue weighted by atomic mass is 16.5. The molecule has 2 aliphatic rings. The Bertz CT molecular complexity index is 1260. The first-order valence-electron chi connectivity index (χ1n) is 11.1. The molecule has 3 atom stereocenters. The van der Waals surface area contributed by atoms with E-state index >= 15 is 0 Å². The maximum Gasteiger partial charge on any atom is 0.407 e. The molecule has 0 saturated carbocycles. The Balaban J connectivity index is 1.56. The molecule has 1 aliphatic heterocycles. The predicted octanol–water partition coefficient (Wildman–Crippen LogP) is 4.31. The van der Waals surface area contributed by atoms with E-state index in [1.807, 2.05) is 67.6 Å². The normalized spacial score (nSPS) is 22.0. The second-order valence-corrected chi connectivity index (χ2v) is 8.57. The van der Waals surface area contributed by atoms with E-state index in [0.29, 0.717) is 17.1 Å². The van der Waals surface area contributed by atoms with E-state index in [4.69, 9.17) is 14.2 Å². The molecular weight excluding hydrogens is 432 g/mol. The number of hydrogen-bond acceptors (Lipinski definition) is 5. The van der Waals surface area contributed by atoms with Crippen molar-refractivity contribution < 1.29 is 23.8 Å². The van der Waals surface area contributed by atoms with Gasteiger partial charge in [0.1, 0.15) is 18.1 Å². The van der Waals surface area contributed by atoms with Gasteiger partial charge in [-0.1, -0.05) is 55.5 Å². The van der Waals surface area contributed by atoms with E-state index in [1.165, 1.54) is 0 Å². The predicted molar refractivity (Wildman–Crippen MR) is 126 cm³/mol. The lowest BCUT2D eigenvalue weighted by molar-refractivity contribution is 0.0918. The number of hydrogen-bond donors (Lipinski definition) is 2. The molecule has 2 amide bonds. The number of carbonyl (C=O) groups is 2. The maximum atomic E-state index is 13.0. The minimum Gasteiger partial charge on any atom is -0.497 e. The van der Waals surface area contributed by atoms with Crippen molar-refractivity contribution in [3.05, 3.63) is 94.5 Å². The standard InChI is InChI=1S/C27H26N2O5/c1-16-24(28-26(31)34-15-17-9-5-4-6-10-17)23-21(13-18(32-2)14-22(23)33-3)27(16)20-12-8-7-11-19(20)25(30)29-27/h4-14,16,24H,15H2,1-3H3,(H,28,31)(H,29,30)/t16-,24-,27+/m1/s1. The molecule has 3 aromatic carbocycles. The maximum absolute atomic E-state index is 13.0. The van der Waals surface area contributed by atoms with Crippen molar-refractivity contribution in [1.82, 2.24) is 10.6 Å². The van der Waals surface area contributed by atoms with Crippen LogP contribution in [0, 0.1) is 5.92 Å². The van der Waals surface area contributed by atoms with Crippen LogP contribution >= 0.6 is 0 Å². The summed E-state index contributed by atoms with van der Waals surface area (Å²) in [5.74, 6) is 0.793. The molecule has 0 bridgehead atoms. The molecule has 174 valence electrons. The summed E-state index contributed by atoms with van der Waals surface area (Å²) in [6.07, 6.45) is -0.542. The molecule has 7 nitrogen and oxygen atoms in total. The van der Waals surface area contributed by atoms with Crippen LogP contribution in [-0.4, -0.2) is 26.2 Å². The van der Waals surface area contributed by atoms with Gasteiger partial charge in [0, 0.05) is 23.1 Å². The first kappa shape index (κ1) is 21.8. The van der Waals surface area contributed by atoms with Crippen LogP contribution in [0.25, 0.3) is 0 Å². The number of nitrogens with one attached hydrogen (secondary N) is 2. The summed E-state index contributed by atoms with van der Waals surface area (Å²) < 4.78 is 16.8. The second-order valence-electron chi connectivity index (χ2n) is 8.57. The fraction of sp³-hybridized carbons (Fsp3) is 0.259. The second kappa shape index (κ2) is 8.41. The average molecular weight is 459 g/mol. The van der Waals surface area contributed by atoms with Crippen molar-refractivity contribution in [2.75, 3.05) is 14.2 Å². The number of amides is 2. The summed E-state index contributed by atoms with van der Waals surface area (Å²) in [5.41, 5.74) is 3.17. The molecule has 3 aromatic rings. The number of ether oxygens (including phenoxy) is 3. The largest absolute Gasteiger partial charge is 0.497 e. The Hall–Kier alpha value is -4.00. The zero-order valence-corrected chi connectivity index (χ0v) is 19.3. The highest BCUT2D eigenvalue weighted by Crippen LogP contribution is 2.57. The number of rotatable bonds is 5. The number of carbonyl (C=O) groups excluding carboxylic acids is 2. The number of alkyl carbamates (subject to hydrolysis) is 1. The molecule has 1 heterocycles. The highest BCUT2D eigenvalue weighted by Gasteiger charge is 2.58. The SMILES string of the molecule is COc1cc(OC)c2c(c1)[C@]1(NC(=O)c3ccccc31)[C@H](C)[C@H]2NC(=O)OCc1ccccc1. The topological polar surface area (TPSA) is 85.9 Å². The van der Waals surface area contributed by atoms with Gasteiger partial charge in [0.15, 0.2) is 0 Å². The molecule has 1 aliphatic carbocycles. The van der Waals surface area contributed by atoms with Crippen LogP contribution in [0.15, 0.2) is 66.7 Å². The van der Waals surface area contributed by atoms with E-state index in [0.717, 1.165) is 22.3 Å². The first-order chi connectivity index (χ1) is 16.5. The summed E-state index contributed by atoms with van der Waals surface area (Å²) >= 11 is 0. The molecule has 7 heteroatoms. The Morgan fingerprint density at radius 3 is 2.47 bits per heavy atom. The molecular formula is C27H26N2O5. The molecule has 0 aromatic heterocycles. The lowest BCUT2D eigenvalue weighted by Crippen LogP contribution is -2.46. The zero-order chi connectivity index (χ0) is 23.9. The molecule has 1 spiro atoms. The summed E-state index contributed by atoms with van der Waals surface area (Å²) in [6, 6.07) is 20.3. The first-order valence-corrected chi connectivity index (χ1v) is 11.1. The Morgan fingerprint density at radius 1 is 1.00 bits per heavy atom. The van der Waals surface area contributed by atoms with Crippen molar-refractivity contribution >= 4 is 12.0 Å². The number of methoxy groups -OCH3 is 2. The lowest BCUT2D eigenvalue weighted by Gasteiger charge is -2.33. The van der Waals surface area contributed by atoms with Crippen LogP contribution in [0.4, 0.5) is 4.79 Å². The number of fused-ring (bicyclic) bond motifs is 4. The molecule has 0 fully saturated rings. The van der Waals surface area contributed by atoms with Crippen molar-refractivity contribution in [1.29, 1.82) is 0 Å². The van der Waals surface area contributed by atoms with Crippen molar-refractivity contribution in [2.45, 2.75) is 25.1 Å². The third kappa shape index (κ3) is 3.27. The van der Waals surface area contributed by atoms with Crippen molar-refractivity contribution in [2.24, 2.45) is 5.92 Å². The minimum absolute atomic E-state index is 0.150. The van der Waals surface area contributed by atoms with Crippen molar-refractivity contribution in [3.63, 3.8) is 0 Å². The van der Waals surface area contributed by atoms with E-state index < -0.39 is 17.7 Å². The van der Waals surface area contributed by atoms with Crippen LogP contribution in [0.5, 0.6) is 11.5 Å². The average Bonchev–Trinajstić information content (AvgIpc) is 3.30. The van der Waals surface area contributed by atoms with Gasteiger partial charge in [0.05, 0.1) is 25.8 Å². The quantitative estimate of drug-likeness (QED) is 0.595. The summed E-state index contributed by atoms with van der Waals surface area (Å²) in [6.45, 7) is 2.17. The highest BCUT2D eigenvalue weighted by molar-refractivity contribution is 6.01. The van der Waals surface area contributed by atoms with E-state index in [9.17, 15) is 9.59 Å². The Labute approximate surface area is 198 Å². The molecule has 5 rings (SSSR count). The number of benzene rings is 3. The van der Waals surface area contributed by atoms with E-state index in [2.05, 4.69) is 10.6 Å². The van der Waals surface area contributed by atoms with E-state index in [-0.39, 0.29) is 18.4 Å². The third-order valence-electron chi connectivity index (χ3n) is 6.88. The molecule has 0 saturated heterocycles. The van der Waals surface area contributed by atoms with Crippen LogP contribution in [0.2, 0.25) is 0 Å². The van der Waals surface area contributed by atoms with Gasteiger partial charge in [-0.25, -0.2) is 4.79 Å². The lowest BCUT2D eigenvalue weighted by atomic mass is 9.78. The van der Waals surface area contributed by atoms with Crippen LogP contribution < -0.4 is 20.1 Å². The van der Waals surface area contributed by atoms with Gasteiger partial charge in [-0.05, 0) is 28.8 Å². The monoisotopic (exact) mass is 458 g/mol. The van der Waals surface area contributed by atoms with Gasteiger partial charge in [-0.2, -0.15) is 0 Å². The fourth-order valence-electron chi connectivity index (χ4n) is 5.28. The van der Waals surface area contributed by atoms with Crippen LogP contribution in [-0.2, 0) is 16.9 Å². The minimum atomic E-state index is -0.845. The van der Waals surface area contributed by atoms with Gasteiger partial charge >= 0.3 is 6.09 Å². The molecule has 0 radical (unpaired) electrons. The van der Waals surface area contributed by atoms with Gasteiger partial charge < -0.3 is 24.8 Å². The van der Waals surface area contributed by atoms with Crippen LogP contribution in [0.1, 0.15) is 45.6 Å². The Kier molecular flexibility index (Phi) is 5.40. The molecule has 34 heavy (non-hydrogen) atoms. The molecule has 0 unspecified atom stereocenters. The van der Waals surface area contributed by atoms with E-state index in [1.54, 1.807) is 20.3 Å². The zero-order valence-electron chi connectivity index (χ0n) is 19.3. The summed E-state index contributed by atoms with van der Waals surface area (Å²) in [7, 11) is 3.17. The molecule has 2 N–H and O–H groups in total. The van der Waals surface area contributed by atoms with Gasteiger partial charge in [0.25, 0.3) is 5.91 Å². The van der Waals surface area contributed by atoms with Crippen molar-refractivity contribution in [3.8, 4) is 11.5 Å².